The topological polar surface area (TPSA) is 25.4 Å². The molecule has 0 radical (unpaired) electrons. The molecule has 3 rings (SSSR count). The van der Waals surface area contributed by atoms with Crippen LogP contribution >= 0.6 is 15.9 Å². The molecule has 0 bridgehead atoms. The van der Waals surface area contributed by atoms with E-state index in [0.29, 0.717) is 0 Å². The van der Waals surface area contributed by atoms with Crippen LogP contribution in [0.5, 0.6) is 5.75 Å². The molecule has 2 aromatic rings. The van der Waals surface area contributed by atoms with Gasteiger partial charge in [-0.2, -0.15) is 0 Å². The SMILES string of the molecule is CC1CCN(CCOc2ccc(C#Cc3ccc(Br)cn3)cc2)CC1. The lowest BCUT2D eigenvalue weighted by Crippen LogP contribution is -2.35. The number of piperidine rings is 1. The van der Waals surface area contributed by atoms with Crippen molar-refractivity contribution in [2.75, 3.05) is 26.2 Å². The van der Waals surface area contributed by atoms with Gasteiger partial charge in [0.15, 0.2) is 0 Å². The van der Waals surface area contributed by atoms with Crippen LogP contribution in [-0.2, 0) is 0 Å². The van der Waals surface area contributed by atoms with Crippen LogP contribution < -0.4 is 4.74 Å². The van der Waals surface area contributed by atoms with Crippen molar-refractivity contribution in [3.05, 3.63) is 58.3 Å². The van der Waals surface area contributed by atoms with Crippen LogP contribution in [0.2, 0.25) is 0 Å². The Morgan fingerprint density at radius 2 is 1.88 bits per heavy atom. The second kappa shape index (κ2) is 9.03. The van der Waals surface area contributed by atoms with Gasteiger partial charge in [-0.1, -0.05) is 12.8 Å². The monoisotopic (exact) mass is 398 g/mol. The quantitative estimate of drug-likeness (QED) is 0.715. The number of benzene rings is 1. The number of hydrogen-bond donors (Lipinski definition) is 0. The van der Waals surface area contributed by atoms with E-state index in [9.17, 15) is 0 Å². The van der Waals surface area contributed by atoms with E-state index < -0.39 is 0 Å². The summed E-state index contributed by atoms with van der Waals surface area (Å²) in [6.07, 6.45) is 4.37. The van der Waals surface area contributed by atoms with Crippen LogP contribution in [0.3, 0.4) is 0 Å². The van der Waals surface area contributed by atoms with Crippen LogP contribution in [0.25, 0.3) is 0 Å². The van der Waals surface area contributed by atoms with E-state index >= 15 is 0 Å². The number of nitrogens with zero attached hydrogens (tertiary/aromatic N) is 2. The summed E-state index contributed by atoms with van der Waals surface area (Å²) in [5.41, 5.74) is 1.72. The Morgan fingerprint density at radius 1 is 1.12 bits per heavy atom. The summed E-state index contributed by atoms with van der Waals surface area (Å²) in [5.74, 6) is 7.97. The number of likely N-dealkylation sites (tertiary alicyclic amines) is 1. The second-order valence-electron chi connectivity index (χ2n) is 6.51. The molecule has 3 nitrogen and oxygen atoms in total. The first kappa shape index (κ1) is 18.0. The molecule has 0 saturated carbocycles. The molecule has 4 heteroatoms. The molecule has 1 aromatic carbocycles. The van der Waals surface area contributed by atoms with Crippen molar-refractivity contribution in [2.24, 2.45) is 5.92 Å². The van der Waals surface area contributed by atoms with E-state index in [2.05, 4.69) is 44.6 Å². The second-order valence-corrected chi connectivity index (χ2v) is 7.42. The Labute approximate surface area is 158 Å². The average molecular weight is 399 g/mol. The number of hydrogen-bond acceptors (Lipinski definition) is 3. The highest BCUT2D eigenvalue weighted by molar-refractivity contribution is 9.10. The van der Waals surface area contributed by atoms with E-state index in [4.69, 9.17) is 4.74 Å². The fourth-order valence-electron chi connectivity index (χ4n) is 2.80. The van der Waals surface area contributed by atoms with Crippen molar-refractivity contribution >= 4 is 15.9 Å². The Balaban J connectivity index is 1.46. The van der Waals surface area contributed by atoms with Gasteiger partial charge in [0.1, 0.15) is 18.1 Å². The van der Waals surface area contributed by atoms with Crippen molar-refractivity contribution in [2.45, 2.75) is 19.8 Å². The zero-order chi connectivity index (χ0) is 17.5. The Kier molecular flexibility index (Phi) is 6.49. The van der Waals surface area contributed by atoms with E-state index in [1.165, 1.54) is 25.9 Å². The summed E-state index contributed by atoms with van der Waals surface area (Å²) in [5, 5.41) is 0. The molecule has 1 aromatic heterocycles. The summed E-state index contributed by atoms with van der Waals surface area (Å²) < 4.78 is 6.82. The van der Waals surface area contributed by atoms with Gasteiger partial charge in [-0.15, -0.1) is 0 Å². The fourth-order valence-corrected chi connectivity index (χ4v) is 3.03. The van der Waals surface area contributed by atoms with Crippen LogP contribution in [0.4, 0.5) is 0 Å². The highest BCUT2D eigenvalue weighted by Gasteiger charge is 2.14. The Hall–Kier alpha value is -1.83. The van der Waals surface area contributed by atoms with Crippen molar-refractivity contribution in [1.29, 1.82) is 0 Å². The summed E-state index contributed by atoms with van der Waals surface area (Å²) in [6, 6.07) is 11.8. The fraction of sp³-hybridized carbons (Fsp3) is 0.381. The summed E-state index contributed by atoms with van der Waals surface area (Å²) in [7, 11) is 0. The molecule has 1 saturated heterocycles. The molecule has 0 atom stereocenters. The van der Waals surface area contributed by atoms with Crippen molar-refractivity contribution in [3.8, 4) is 17.6 Å². The van der Waals surface area contributed by atoms with Crippen molar-refractivity contribution < 1.29 is 4.74 Å². The normalized spacial score (nSPS) is 15.4. The third kappa shape index (κ3) is 5.88. The number of rotatable bonds is 4. The van der Waals surface area contributed by atoms with Gasteiger partial charge in [0.2, 0.25) is 0 Å². The average Bonchev–Trinajstić information content (AvgIpc) is 2.64. The van der Waals surface area contributed by atoms with E-state index in [1.54, 1.807) is 6.20 Å². The van der Waals surface area contributed by atoms with Gasteiger partial charge in [-0.25, -0.2) is 4.98 Å². The molecular formula is C21H23BrN2O. The standard InChI is InChI=1S/C21H23BrN2O/c1-17-10-12-24(13-11-17)14-15-25-21-8-3-18(4-9-21)2-6-20-7-5-19(22)16-23-20/h3-5,7-9,16-17H,10-15H2,1H3. The van der Waals surface area contributed by atoms with E-state index in [-0.39, 0.29) is 0 Å². The minimum Gasteiger partial charge on any atom is -0.492 e. The molecule has 0 aliphatic carbocycles. The molecular weight excluding hydrogens is 376 g/mol. The number of halogens is 1. The summed E-state index contributed by atoms with van der Waals surface area (Å²) >= 11 is 3.37. The zero-order valence-electron chi connectivity index (χ0n) is 14.5. The molecule has 1 aliphatic rings. The Morgan fingerprint density at radius 3 is 2.56 bits per heavy atom. The zero-order valence-corrected chi connectivity index (χ0v) is 16.1. The Bertz CT molecular complexity index is 723. The first-order chi connectivity index (χ1) is 12.2. The molecule has 0 unspecified atom stereocenters. The molecule has 2 heterocycles. The lowest BCUT2D eigenvalue weighted by atomic mass is 9.99. The molecule has 130 valence electrons. The van der Waals surface area contributed by atoms with Gasteiger partial charge < -0.3 is 4.74 Å². The molecule has 0 amide bonds. The van der Waals surface area contributed by atoms with Gasteiger partial charge in [-0.05, 0) is 90.1 Å². The van der Waals surface area contributed by atoms with Crippen LogP contribution in [0.1, 0.15) is 31.0 Å². The third-order valence-electron chi connectivity index (χ3n) is 4.47. The number of pyridine rings is 1. The van der Waals surface area contributed by atoms with Gasteiger partial charge in [0.05, 0.1) is 0 Å². The molecule has 1 aliphatic heterocycles. The number of ether oxygens (including phenoxy) is 1. The van der Waals surface area contributed by atoms with Crippen LogP contribution in [0.15, 0.2) is 47.1 Å². The van der Waals surface area contributed by atoms with Gasteiger partial charge in [-0.3, -0.25) is 4.90 Å². The molecule has 0 spiro atoms. The maximum Gasteiger partial charge on any atom is 0.119 e. The highest BCUT2D eigenvalue weighted by Crippen LogP contribution is 2.16. The van der Waals surface area contributed by atoms with Gasteiger partial charge in [0.25, 0.3) is 0 Å². The largest absolute Gasteiger partial charge is 0.492 e. The lowest BCUT2D eigenvalue weighted by molar-refractivity contribution is 0.160. The predicted octanol–water partition coefficient (Wildman–Crippen LogP) is 4.35. The minimum atomic E-state index is 0.738. The first-order valence-electron chi connectivity index (χ1n) is 8.78. The summed E-state index contributed by atoms with van der Waals surface area (Å²) in [4.78, 5) is 6.74. The van der Waals surface area contributed by atoms with Crippen LogP contribution in [-0.4, -0.2) is 36.1 Å². The van der Waals surface area contributed by atoms with E-state index in [0.717, 1.165) is 40.5 Å². The van der Waals surface area contributed by atoms with E-state index in [1.807, 2.05) is 36.4 Å². The minimum absolute atomic E-state index is 0.738. The predicted molar refractivity (Wildman–Crippen MR) is 105 cm³/mol. The van der Waals surface area contributed by atoms with Crippen molar-refractivity contribution in [1.82, 2.24) is 9.88 Å². The van der Waals surface area contributed by atoms with Gasteiger partial charge in [0, 0.05) is 22.8 Å². The maximum absolute atomic E-state index is 5.86. The maximum atomic E-state index is 5.86. The smallest absolute Gasteiger partial charge is 0.119 e. The van der Waals surface area contributed by atoms with Crippen LogP contribution in [0, 0.1) is 17.8 Å². The summed E-state index contributed by atoms with van der Waals surface area (Å²) in [6.45, 7) is 6.48. The highest BCUT2D eigenvalue weighted by atomic mass is 79.9. The van der Waals surface area contributed by atoms with Crippen molar-refractivity contribution in [3.63, 3.8) is 0 Å². The molecule has 25 heavy (non-hydrogen) atoms. The third-order valence-corrected chi connectivity index (χ3v) is 4.94. The number of aromatic nitrogens is 1. The van der Waals surface area contributed by atoms with Gasteiger partial charge >= 0.3 is 0 Å². The lowest BCUT2D eigenvalue weighted by Gasteiger charge is -2.29. The first-order valence-corrected chi connectivity index (χ1v) is 9.57. The molecule has 0 N–H and O–H groups in total. The molecule has 1 fully saturated rings.